The van der Waals surface area contributed by atoms with E-state index in [9.17, 15) is 13.2 Å². The summed E-state index contributed by atoms with van der Waals surface area (Å²) in [6.07, 6.45) is -4.41. The minimum atomic E-state index is -4.41. The van der Waals surface area contributed by atoms with Crippen LogP contribution in [0.5, 0.6) is 0 Å². The minimum absolute atomic E-state index is 0.00933. The Hall–Kier alpha value is -2.35. The van der Waals surface area contributed by atoms with Crippen LogP contribution < -0.4 is 5.32 Å². The summed E-state index contributed by atoms with van der Waals surface area (Å²) < 4.78 is 44.3. The van der Waals surface area contributed by atoms with Crippen LogP contribution in [0, 0.1) is 0 Å². The first kappa shape index (κ1) is 15.5. The van der Waals surface area contributed by atoms with Crippen LogP contribution in [0.4, 0.5) is 24.9 Å². The average molecular weight is 384 g/mol. The molecule has 1 heterocycles. The Morgan fingerprint density at radius 3 is 2.52 bits per heavy atom. The van der Waals surface area contributed by atoms with Crippen molar-refractivity contribution in [3.8, 4) is 11.5 Å². The van der Waals surface area contributed by atoms with E-state index in [-0.39, 0.29) is 17.6 Å². The van der Waals surface area contributed by atoms with Crippen LogP contribution in [0.3, 0.4) is 0 Å². The van der Waals surface area contributed by atoms with Gasteiger partial charge in [0.1, 0.15) is 0 Å². The van der Waals surface area contributed by atoms with Crippen LogP contribution >= 0.6 is 15.9 Å². The van der Waals surface area contributed by atoms with E-state index >= 15 is 0 Å². The summed E-state index contributed by atoms with van der Waals surface area (Å²) >= 11 is 3.37. The van der Waals surface area contributed by atoms with Crippen LogP contribution in [-0.2, 0) is 6.18 Å². The van der Waals surface area contributed by atoms with Crippen molar-refractivity contribution < 1.29 is 17.6 Å². The summed E-state index contributed by atoms with van der Waals surface area (Å²) in [6.45, 7) is 0. The molecule has 1 aromatic heterocycles. The predicted octanol–water partition coefficient (Wildman–Crippen LogP) is 5.26. The SMILES string of the molecule is FC(F)(F)c1cccc(Nc2nnc(-c3ccccc3Br)o2)c1. The van der Waals surface area contributed by atoms with Gasteiger partial charge in [-0.2, -0.15) is 13.2 Å². The number of alkyl halides is 3. The molecular weight excluding hydrogens is 375 g/mol. The van der Waals surface area contributed by atoms with Crippen LogP contribution in [0.2, 0.25) is 0 Å². The summed E-state index contributed by atoms with van der Waals surface area (Å²) in [5, 5.41) is 10.3. The third-order valence-electron chi connectivity index (χ3n) is 2.97. The highest BCUT2D eigenvalue weighted by atomic mass is 79.9. The molecule has 8 heteroatoms. The Bertz CT molecular complexity index is 833. The number of rotatable bonds is 3. The number of nitrogens with zero attached hydrogens (tertiary/aromatic N) is 2. The summed E-state index contributed by atoms with van der Waals surface area (Å²) in [7, 11) is 0. The molecule has 3 aromatic rings. The largest absolute Gasteiger partial charge is 0.416 e. The van der Waals surface area contributed by atoms with Crippen LogP contribution in [-0.4, -0.2) is 10.2 Å². The zero-order chi connectivity index (χ0) is 16.4. The minimum Gasteiger partial charge on any atom is -0.403 e. The van der Waals surface area contributed by atoms with Gasteiger partial charge in [-0.1, -0.05) is 23.3 Å². The molecule has 4 nitrogen and oxygen atoms in total. The Kier molecular flexibility index (Phi) is 4.08. The van der Waals surface area contributed by atoms with Gasteiger partial charge in [-0.15, -0.1) is 5.10 Å². The van der Waals surface area contributed by atoms with Crippen molar-refractivity contribution in [3.05, 3.63) is 58.6 Å². The van der Waals surface area contributed by atoms with Crippen molar-refractivity contribution in [3.63, 3.8) is 0 Å². The van der Waals surface area contributed by atoms with Crippen molar-refractivity contribution in [2.24, 2.45) is 0 Å². The topological polar surface area (TPSA) is 51.0 Å². The Labute approximate surface area is 137 Å². The zero-order valence-electron chi connectivity index (χ0n) is 11.4. The van der Waals surface area contributed by atoms with Gasteiger partial charge in [0.2, 0.25) is 0 Å². The van der Waals surface area contributed by atoms with Gasteiger partial charge in [-0.05, 0) is 46.3 Å². The van der Waals surface area contributed by atoms with Gasteiger partial charge in [0.05, 0.1) is 11.1 Å². The molecule has 0 aliphatic heterocycles. The second-order valence-electron chi connectivity index (χ2n) is 4.60. The normalized spacial score (nSPS) is 11.5. The third-order valence-corrected chi connectivity index (χ3v) is 3.66. The van der Waals surface area contributed by atoms with Gasteiger partial charge in [-0.25, -0.2) is 0 Å². The van der Waals surface area contributed by atoms with Gasteiger partial charge in [0.25, 0.3) is 5.89 Å². The summed E-state index contributed by atoms with van der Waals surface area (Å²) in [4.78, 5) is 0. The van der Waals surface area contributed by atoms with E-state index in [0.29, 0.717) is 5.56 Å². The summed E-state index contributed by atoms with van der Waals surface area (Å²) in [6, 6.07) is 12.0. The van der Waals surface area contributed by atoms with Gasteiger partial charge in [0.15, 0.2) is 0 Å². The maximum absolute atomic E-state index is 12.7. The number of hydrogen-bond donors (Lipinski definition) is 1. The molecular formula is C15H9BrF3N3O. The highest BCUT2D eigenvalue weighted by Gasteiger charge is 2.30. The van der Waals surface area contributed by atoms with E-state index in [1.54, 1.807) is 6.07 Å². The smallest absolute Gasteiger partial charge is 0.403 e. The number of halogens is 4. The highest BCUT2D eigenvalue weighted by Crippen LogP contribution is 2.32. The monoisotopic (exact) mass is 383 g/mol. The quantitative estimate of drug-likeness (QED) is 0.669. The molecule has 23 heavy (non-hydrogen) atoms. The molecule has 0 atom stereocenters. The lowest BCUT2D eigenvalue weighted by atomic mass is 10.2. The molecule has 1 N–H and O–H groups in total. The Morgan fingerprint density at radius 2 is 1.78 bits per heavy atom. The van der Waals surface area contributed by atoms with Crippen molar-refractivity contribution >= 4 is 27.6 Å². The van der Waals surface area contributed by atoms with Crippen LogP contribution in [0.25, 0.3) is 11.5 Å². The maximum atomic E-state index is 12.7. The molecule has 0 radical (unpaired) electrons. The van der Waals surface area contributed by atoms with Crippen LogP contribution in [0.15, 0.2) is 57.4 Å². The lowest BCUT2D eigenvalue weighted by Gasteiger charge is -2.08. The molecule has 0 spiro atoms. The number of nitrogens with one attached hydrogen (secondary N) is 1. The van der Waals surface area contributed by atoms with Crippen molar-refractivity contribution in [2.45, 2.75) is 6.18 Å². The second kappa shape index (κ2) is 6.04. The molecule has 0 aliphatic rings. The van der Waals surface area contributed by atoms with E-state index in [4.69, 9.17) is 4.42 Å². The lowest BCUT2D eigenvalue weighted by Crippen LogP contribution is -2.05. The molecule has 0 bridgehead atoms. The molecule has 0 amide bonds. The van der Waals surface area contributed by atoms with Gasteiger partial charge in [-0.3, -0.25) is 0 Å². The van der Waals surface area contributed by atoms with Crippen molar-refractivity contribution in [1.82, 2.24) is 10.2 Å². The van der Waals surface area contributed by atoms with Gasteiger partial charge >= 0.3 is 12.2 Å². The molecule has 0 saturated carbocycles. The summed E-state index contributed by atoms with van der Waals surface area (Å²) in [5.74, 6) is 0.256. The molecule has 2 aromatic carbocycles. The number of benzene rings is 2. The zero-order valence-corrected chi connectivity index (χ0v) is 13.0. The van der Waals surface area contributed by atoms with Crippen molar-refractivity contribution in [1.29, 1.82) is 0 Å². The highest BCUT2D eigenvalue weighted by molar-refractivity contribution is 9.10. The molecule has 0 unspecified atom stereocenters. The fourth-order valence-corrected chi connectivity index (χ4v) is 2.37. The molecule has 0 aliphatic carbocycles. The second-order valence-corrected chi connectivity index (χ2v) is 5.45. The van der Waals surface area contributed by atoms with Crippen LogP contribution in [0.1, 0.15) is 5.56 Å². The first-order valence-corrected chi connectivity index (χ1v) is 7.25. The van der Waals surface area contributed by atoms with Crippen molar-refractivity contribution in [2.75, 3.05) is 5.32 Å². The Morgan fingerprint density at radius 1 is 1.00 bits per heavy atom. The fourth-order valence-electron chi connectivity index (χ4n) is 1.91. The first-order valence-electron chi connectivity index (χ1n) is 6.46. The molecule has 3 rings (SSSR count). The number of anilines is 2. The van der Waals surface area contributed by atoms with Gasteiger partial charge in [0, 0.05) is 10.2 Å². The molecule has 0 fully saturated rings. The maximum Gasteiger partial charge on any atom is 0.416 e. The number of aromatic nitrogens is 2. The molecule has 118 valence electrons. The molecule has 0 saturated heterocycles. The van der Waals surface area contributed by atoms with Gasteiger partial charge < -0.3 is 9.73 Å². The number of hydrogen-bond acceptors (Lipinski definition) is 4. The van der Waals surface area contributed by atoms with E-state index in [0.717, 1.165) is 16.6 Å². The fraction of sp³-hybridized carbons (Fsp3) is 0.0667. The van der Waals surface area contributed by atoms with E-state index in [2.05, 4.69) is 31.4 Å². The average Bonchev–Trinajstić information content (AvgIpc) is 2.95. The Balaban J connectivity index is 1.84. The standard InChI is InChI=1S/C15H9BrF3N3O/c16-12-7-2-1-6-11(12)13-21-22-14(23-13)20-10-5-3-4-9(8-10)15(17,18)19/h1-8H,(H,20,22). The van der Waals surface area contributed by atoms with E-state index in [1.165, 1.54) is 12.1 Å². The first-order chi connectivity index (χ1) is 10.9. The summed E-state index contributed by atoms with van der Waals surface area (Å²) in [5.41, 5.74) is 0.146. The predicted molar refractivity (Wildman–Crippen MR) is 82.2 cm³/mol. The van der Waals surface area contributed by atoms with E-state index < -0.39 is 11.7 Å². The van der Waals surface area contributed by atoms with E-state index in [1.807, 2.05) is 18.2 Å². The third kappa shape index (κ3) is 3.53. The lowest BCUT2D eigenvalue weighted by molar-refractivity contribution is -0.137.